The molecule has 0 fully saturated rings. The minimum absolute atomic E-state index is 0.0873. The number of hydrazine groups is 1. The number of nitrogens with zero attached hydrogens (tertiary/aromatic N) is 1. The van der Waals surface area contributed by atoms with Crippen molar-refractivity contribution < 1.29 is 0 Å². The molecule has 1 unspecified atom stereocenters. The van der Waals surface area contributed by atoms with Crippen LogP contribution in [0.3, 0.4) is 0 Å². The third-order valence-corrected chi connectivity index (χ3v) is 3.51. The molecule has 0 aromatic rings. The molecule has 14 heavy (non-hydrogen) atoms. The minimum atomic E-state index is -0.0873. The molecule has 5 heteroatoms. The lowest BCUT2D eigenvalue weighted by atomic mass is 10.2. The van der Waals surface area contributed by atoms with Gasteiger partial charge in [-0.15, -0.1) is 30.0 Å². The van der Waals surface area contributed by atoms with E-state index >= 15 is 0 Å². The predicted octanol–water partition coefficient (Wildman–Crippen LogP) is 2.64. The Bertz CT molecular complexity index is 321. The maximum atomic E-state index is 6.08. The van der Waals surface area contributed by atoms with Gasteiger partial charge in [-0.1, -0.05) is 0 Å². The topological polar surface area (TPSA) is 15.3 Å². The molecule has 1 rings (SSSR count). The third kappa shape index (κ3) is 2.59. The Balaban J connectivity index is 3.15. The molecule has 1 atom stereocenters. The van der Waals surface area contributed by atoms with Crippen LogP contribution in [-0.4, -0.2) is 24.0 Å². The largest absolute Gasteiger partial charge is 0.309 e. The van der Waals surface area contributed by atoms with Crippen molar-refractivity contribution in [2.45, 2.75) is 12.3 Å². The van der Waals surface area contributed by atoms with Crippen LogP contribution in [0.1, 0.15) is 6.92 Å². The van der Waals surface area contributed by atoms with Crippen molar-refractivity contribution in [2.24, 2.45) is 0 Å². The van der Waals surface area contributed by atoms with Gasteiger partial charge in [0.2, 0.25) is 0 Å². The van der Waals surface area contributed by atoms with Gasteiger partial charge < -0.3 is 5.01 Å². The van der Waals surface area contributed by atoms with E-state index in [9.17, 15) is 0 Å². The summed E-state index contributed by atoms with van der Waals surface area (Å²) in [4.78, 5) is 0.856. The molecular formula is C9H12BrClN2S. The molecular weight excluding hydrogens is 284 g/mol. The molecule has 78 valence electrons. The number of thiol groups is 1. The van der Waals surface area contributed by atoms with Crippen LogP contribution in [0.15, 0.2) is 26.9 Å². The van der Waals surface area contributed by atoms with Crippen LogP contribution in [0.4, 0.5) is 0 Å². The van der Waals surface area contributed by atoms with Gasteiger partial charge in [-0.05, 0) is 28.9 Å². The van der Waals surface area contributed by atoms with Gasteiger partial charge in [0.1, 0.15) is 0 Å². The number of alkyl halides is 1. The molecule has 2 nitrogen and oxygen atoms in total. The number of likely N-dealkylation sites (N-methyl/N-ethyl adjacent to an activating group) is 1. The Morgan fingerprint density at radius 1 is 1.86 bits per heavy atom. The van der Waals surface area contributed by atoms with Gasteiger partial charge in [-0.2, -0.15) is 0 Å². The average Bonchev–Trinajstić information content (AvgIpc) is 2.13. The smallest absolute Gasteiger partial charge is 0.0846 e. The number of hydrogen-bond acceptors (Lipinski definition) is 3. The molecule has 0 aromatic carbocycles. The van der Waals surface area contributed by atoms with Crippen molar-refractivity contribution in [2.75, 3.05) is 13.6 Å². The van der Waals surface area contributed by atoms with Crippen LogP contribution >= 0.6 is 40.2 Å². The summed E-state index contributed by atoms with van der Waals surface area (Å²) in [6.45, 7) is 2.60. The van der Waals surface area contributed by atoms with Crippen LogP contribution in [0.2, 0.25) is 0 Å². The maximum Gasteiger partial charge on any atom is 0.0846 e. The minimum Gasteiger partial charge on any atom is -0.309 e. The number of rotatable bonds is 1. The standard InChI is InChI=1S/C9H12BrClN2S/c1-3-4-6(10)8-9(14)7(11)5-12-13(8)2/h3,7,12,14H,5H2,1-2H3. The Morgan fingerprint density at radius 2 is 2.50 bits per heavy atom. The summed E-state index contributed by atoms with van der Waals surface area (Å²) in [5.74, 6) is 0. The number of halogens is 2. The summed E-state index contributed by atoms with van der Waals surface area (Å²) in [6, 6.07) is 0. The van der Waals surface area contributed by atoms with E-state index < -0.39 is 0 Å². The first-order valence-electron chi connectivity index (χ1n) is 4.19. The van der Waals surface area contributed by atoms with Gasteiger partial charge in [0, 0.05) is 18.5 Å². The molecule has 1 heterocycles. The van der Waals surface area contributed by atoms with Crippen molar-refractivity contribution in [3.8, 4) is 0 Å². The van der Waals surface area contributed by atoms with Gasteiger partial charge in [0.15, 0.2) is 0 Å². The molecule has 0 amide bonds. The quantitative estimate of drug-likeness (QED) is 0.439. The lowest BCUT2D eigenvalue weighted by molar-refractivity contribution is 0.294. The average molecular weight is 296 g/mol. The van der Waals surface area contributed by atoms with Gasteiger partial charge in [0.05, 0.1) is 15.6 Å². The molecule has 0 aliphatic carbocycles. The van der Waals surface area contributed by atoms with E-state index in [1.165, 1.54) is 0 Å². The monoisotopic (exact) mass is 294 g/mol. The molecule has 0 radical (unpaired) electrons. The molecule has 0 bridgehead atoms. The lowest BCUT2D eigenvalue weighted by Crippen LogP contribution is -2.43. The van der Waals surface area contributed by atoms with Gasteiger partial charge in [-0.3, -0.25) is 0 Å². The zero-order chi connectivity index (χ0) is 10.7. The first-order valence-corrected chi connectivity index (χ1v) is 5.87. The highest BCUT2D eigenvalue weighted by Crippen LogP contribution is 2.30. The highest BCUT2D eigenvalue weighted by molar-refractivity contribution is 9.11. The molecule has 0 saturated heterocycles. The fourth-order valence-electron chi connectivity index (χ4n) is 1.17. The molecule has 1 aliphatic rings. The summed E-state index contributed by atoms with van der Waals surface area (Å²) >= 11 is 13.9. The number of nitrogens with one attached hydrogen (secondary N) is 1. The molecule has 0 aromatic heterocycles. The van der Waals surface area contributed by atoms with E-state index in [-0.39, 0.29) is 5.38 Å². The van der Waals surface area contributed by atoms with Crippen molar-refractivity contribution in [1.29, 1.82) is 0 Å². The van der Waals surface area contributed by atoms with E-state index in [0.717, 1.165) is 15.1 Å². The fraction of sp³-hybridized carbons (Fsp3) is 0.444. The van der Waals surface area contributed by atoms with E-state index in [4.69, 9.17) is 11.6 Å². The van der Waals surface area contributed by atoms with Gasteiger partial charge >= 0.3 is 0 Å². The van der Waals surface area contributed by atoms with E-state index in [2.05, 4.69) is 39.7 Å². The Hall–Kier alpha value is 0.140. The highest BCUT2D eigenvalue weighted by atomic mass is 79.9. The van der Waals surface area contributed by atoms with Crippen LogP contribution in [0, 0.1) is 0 Å². The summed E-state index contributed by atoms with van der Waals surface area (Å²) in [5, 5.41) is 1.80. The molecule has 0 saturated carbocycles. The van der Waals surface area contributed by atoms with Crippen LogP contribution in [0.5, 0.6) is 0 Å². The molecule has 1 aliphatic heterocycles. The summed E-state index contributed by atoms with van der Waals surface area (Å²) in [5.41, 5.74) is 7.13. The third-order valence-electron chi connectivity index (χ3n) is 1.86. The Morgan fingerprint density at radius 3 is 3.07 bits per heavy atom. The first-order chi connectivity index (χ1) is 6.57. The lowest BCUT2D eigenvalue weighted by Gasteiger charge is -2.31. The van der Waals surface area contributed by atoms with Crippen molar-refractivity contribution in [1.82, 2.24) is 10.4 Å². The maximum absolute atomic E-state index is 6.08. The zero-order valence-electron chi connectivity index (χ0n) is 8.01. The second-order valence-electron chi connectivity index (χ2n) is 2.87. The van der Waals surface area contributed by atoms with Crippen LogP contribution in [0.25, 0.3) is 0 Å². The molecule has 1 N–H and O–H groups in total. The fourth-order valence-corrected chi connectivity index (χ4v) is 2.55. The predicted molar refractivity (Wildman–Crippen MR) is 67.6 cm³/mol. The highest BCUT2D eigenvalue weighted by Gasteiger charge is 2.23. The zero-order valence-corrected chi connectivity index (χ0v) is 11.2. The number of allylic oxidation sites excluding steroid dienone is 1. The van der Waals surface area contributed by atoms with Crippen molar-refractivity contribution >= 4 is 40.2 Å². The van der Waals surface area contributed by atoms with E-state index in [1.807, 2.05) is 25.1 Å². The van der Waals surface area contributed by atoms with Crippen molar-refractivity contribution in [3.05, 3.63) is 26.9 Å². The Labute approximate surface area is 103 Å². The second kappa shape index (κ2) is 5.29. The molecule has 0 spiro atoms. The summed E-state index contributed by atoms with van der Waals surface area (Å²) in [7, 11) is 1.92. The number of hydrogen-bond donors (Lipinski definition) is 2. The van der Waals surface area contributed by atoms with Gasteiger partial charge in [0.25, 0.3) is 0 Å². The summed E-state index contributed by atoms with van der Waals surface area (Å²) < 4.78 is 0.852. The van der Waals surface area contributed by atoms with E-state index in [0.29, 0.717) is 6.54 Å². The first kappa shape index (κ1) is 12.2. The summed E-state index contributed by atoms with van der Waals surface area (Å²) in [6.07, 6.45) is 1.84. The van der Waals surface area contributed by atoms with E-state index in [1.54, 1.807) is 0 Å². The van der Waals surface area contributed by atoms with Crippen LogP contribution in [-0.2, 0) is 0 Å². The van der Waals surface area contributed by atoms with Crippen molar-refractivity contribution in [3.63, 3.8) is 0 Å². The van der Waals surface area contributed by atoms with Crippen LogP contribution < -0.4 is 5.43 Å². The Kier molecular flexibility index (Phi) is 4.61. The van der Waals surface area contributed by atoms with Gasteiger partial charge in [-0.25, -0.2) is 5.43 Å². The SMILES string of the molecule is CC=C=C(Br)C1=C(S)C(Cl)CNN1C. The second-order valence-corrected chi connectivity index (χ2v) is 4.67. The normalized spacial score (nSPS) is 22.1.